The van der Waals surface area contributed by atoms with Gasteiger partial charge in [-0.1, -0.05) is 12.1 Å². The Hall–Kier alpha value is -3.17. The van der Waals surface area contributed by atoms with E-state index in [4.69, 9.17) is 9.72 Å². The van der Waals surface area contributed by atoms with Gasteiger partial charge >= 0.3 is 0 Å². The number of nitrogens with zero attached hydrogens (tertiary/aromatic N) is 5. The Bertz CT molecular complexity index is 1270. The van der Waals surface area contributed by atoms with Crippen LogP contribution in [0.25, 0.3) is 5.65 Å². The van der Waals surface area contributed by atoms with Gasteiger partial charge in [-0.3, -0.25) is 4.98 Å². The van der Waals surface area contributed by atoms with Crippen molar-refractivity contribution in [2.45, 2.75) is 31.9 Å². The van der Waals surface area contributed by atoms with Gasteiger partial charge in [0.05, 0.1) is 35.3 Å². The average molecular weight is 523 g/mol. The summed E-state index contributed by atoms with van der Waals surface area (Å²) in [5.74, 6) is 2.85. The maximum absolute atomic E-state index is 10.3. The third-order valence-corrected chi connectivity index (χ3v) is 6.70. The minimum Gasteiger partial charge on any atom is -0.497 e. The van der Waals surface area contributed by atoms with Crippen molar-refractivity contribution in [2.75, 3.05) is 23.9 Å². The number of methoxy groups -OCH3 is 1. The van der Waals surface area contributed by atoms with Gasteiger partial charge in [0, 0.05) is 25.4 Å². The van der Waals surface area contributed by atoms with Crippen molar-refractivity contribution in [3.63, 3.8) is 0 Å². The van der Waals surface area contributed by atoms with E-state index >= 15 is 0 Å². The van der Waals surface area contributed by atoms with E-state index in [-0.39, 0.29) is 0 Å². The van der Waals surface area contributed by atoms with E-state index in [2.05, 4.69) is 48.4 Å². The summed E-state index contributed by atoms with van der Waals surface area (Å²) in [5, 5.41) is 18.3. The molecular formula is C25H27BrN6O2. The van der Waals surface area contributed by atoms with Crippen molar-refractivity contribution in [3.8, 4) is 5.75 Å². The molecule has 3 aromatic heterocycles. The maximum Gasteiger partial charge on any atom is 0.173 e. The second-order valence-corrected chi connectivity index (χ2v) is 9.95. The fourth-order valence-electron chi connectivity index (χ4n) is 4.61. The Morgan fingerprint density at radius 2 is 2.03 bits per heavy atom. The van der Waals surface area contributed by atoms with Gasteiger partial charge in [0.1, 0.15) is 17.4 Å². The van der Waals surface area contributed by atoms with Crippen LogP contribution in [0.3, 0.4) is 0 Å². The summed E-state index contributed by atoms with van der Waals surface area (Å²) in [4.78, 5) is 11.3. The number of aromatic nitrogens is 4. The number of hydrogen-bond donors (Lipinski definition) is 2. The number of hydrogen-bond acceptors (Lipinski definition) is 7. The number of halogens is 1. The van der Waals surface area contributed by atoms with Gasteiger partial charge in [-0.15, -0.1) is 0 Å². The lowest BCUT2D eigenvalue weighted by atomic mass is 9.72. The first-order chi connectivity index (χ1) is 16.4. The summed E-state index contributed by atoms with van der Waals surface area (Å²) < 4.78 is 8.00. The zero-order chi connectivity index (χ0) is 23.7. The summed E-state index contributed by atoms with van der Waals surface area (Å²) in [6, 6.07) is 14.0. The third-order valence-electron chi connectivity index (χ3n) is 6.14. The van der Waals surface area contributed by atoms with E-state index in [1.165, 1.54) is 0 Å². The Balaban J connectivity index is 1.52. The van der Waals surface area contributed by atoms with Crippen LogP contribution in [0.15, 0.2) is 65.5 Å². The van der Waals surface area contributed by atoms with E-state index in [0.29, 0.717) is 18.3 Å². The molecule has 9 heteroatoms. The Morgan fingerprint density at radius 3 is 2.71 bits per heavy atom. The van der Waals surface area contributed by atoms with Gasteiger partial charge in [0.2, 0.25) is 0 Å². The lowest BCUT2D eigenvalue weighted by Gasteiger charge is -2.43. The summed E-state index contributed by atoms with van der Waals surface area (Å²) in [7, 11) is 1.67. The molecule has 0 amide bonds. The molecule has 0 radical (unpaired) electrons. The number of fused-ring (bicyclic) bond motifs is 1. The van der Waals surface area contributed by atoms with Crippen molar-refractivity contribution in [3.05, 3.63) is 71.1 Å². The van der Waals surface area contributed by atoms with Crippen molar-refractivity contribution < 1.29 is 9.84 Å². The predicted octanol–water partition coefficient (Wildman–Crippen LogP) is 4.81. The molecule has 0 atom stereocenters. The highest BCUT2D eigenvalue weighted by Gasteiger charge is 2.39. The van der Waals surface area contributed by atoms with Crippen LogP contribution in [0.2, 0.25) is 0 Å². The smallest absolute Gasteiger partial charge is 0.173 e. The van der Waals surface area contributed by atoms with Crippen molar-refractivity contribution in [1.29, 1.82) is 0 Å². The maximum atomic E-state index is 10.3. The van der Waals surface area contributed by atoms with E-state index in [1.54, 1.807) is 25.7 Å². The van der Waals surface area contributed by atoms with Crippen LogP contribution < -0.4 is 15.0 Å². The molecule has 8 nitrogen and oxygen atoms in total. The van der Waals surface area contributed by atoms with Crippen LogP contribution in [0.1, 0.15) is 25.3 Å². The molecule has 2 N–H and O–H groups in total. The third kappa shape index (κ3) is 4.85. The van der Waals surface area contributed by atoms with Gasteiger partial charge in [-0.2, -0.15) is 9.61 Å². The number of benzene rings is 1. The van der Waals surface area contributed by atoms with Crippen LogP contribution in [0.5, 0.6) is 5.75 Å². The minimum absolute atomic E-state index is 0.394. The molecule has 0 aliphatic heterocycles. The number of pyridine rings is 1. The molecular weight excluding hydrogens is 496 g/mol. The molecule has 1 fully saturated rings. The van der Waals surface area contributed by atoms with Crippen molar-refractivity contribution in [1.82, 2.24) is 19.6 Å². The Kier molecular flexibility index (Phi) is 6.14. The summed E-state index contributed by atoms with van der Waals surface area (Å²) in [5.41, 5.74) is 2.16. The van der Waals surface area contributed by atoms with Crippen LogP contribution in [0.4, 0.5) is 17.3 Å². The quantitative estimate of drug-likeness (QED) is 0.343. The number of anilines is 3. The highest BCUT2D eigenvalue weighted by molar-refractivity contribution is 9.10. The summed E-state index contributed by atoms with van der Waals surface area (Å²) >= 11 is 3.59. The van der Waals surface area contributed by atoms with Gasteiger partial charge in [0.15, 0.2) is 5.65 Å². The first-order valence-electron chi connectivity index (χ1n) is 11.2. The van der Waals surface area contributed by atoms with Crippen LogP contribution in [-0.2, 0) is 6.54 Å². The van der Waals surface area contributed by atoms with E-state index in [0.717, 1.165) is 52.3 Å². The second-order valence-electron chi connectivity index (χ2n) is 9.09. The van der Waals surface area contributed by atoms with Crippen LogP contribution in [0, 0.1) is 5.92 Å². The Labute approximate surface area is 206 Å². The van der Waals surface area contributed by atoms with E-state index < -0.39 is 5.60 Å². The number of rotatable bonds is 8. The molecule has 0 spiro atoms. The first kappa shape index (κ1) is 22.6. The zero-order valence-corrected chi connectivity index (χ0v) is 20.7. The SMILES string of the molecule is COc1ccc(CN(C[C@H]2C[C@@](C)(O)C2)c2cc(Nc3cccnc3)nc3c(Br)cnn23)cc1. The predicted molar refractivity (Wildman–Crippen MR) is 136 cm³/mol. The lowest BCUT2D eigenvalue weighted by Crippen LogP contribution is -2.46. The number of aliphatic hydroxyl groups is 1. The van der Waals surface area contributed by atoms with Gasteiger partial charge in [-0.05, 0) is 71.4 Å². The highest BCUT2D eigenvalue weighted by atomic mass is 79.9. The van der Waals surface area contributed by atoms with E-state index in [9.17, 15) is 5.11 Å². The monoisotopic (exact) mass is 522 g/mol. The average Bonchev–Trinajstić information content (AvgIpc) is 3.19. The molecule has 0 saturated heterocycles. The molecule has 0 unspecified atom stereocenters. The Morgan fingerprint density at radius 1 is 1.24 bits per heavy atom. The molecule has 1 aliphatic carbocycles. The molecule has 1 aromatic carbocycles. The number of ether oxygens (including phenoxy) is 1. The van der Waals surface area contributed by atoms with Crippen LogP contribution >= 0.6 is 15.9 Å². The molecule has 176 valence electrons. The second kappa shape index (κ2) is 9.23. The lowest BCUT2D eigenvalue weighted by molar-refractivity contribution is -0.0542. The van der Waals surface area contributed by atoms with Crippen LogP contribution in [-0.4, -0.2) is 43.9 Å². The number of nitrogens with one attached hydrogen (secondary N) is 1. The summed E-state index contributed by atoms with van der Waals surface area (Å²) in [6.45, 7) is 3.39. The summed E-state index contributed by atoms with van der Waals surface area (Å²) in [6.07, 6.45) is 6.83. The standard InChI is InChI=1S/C25H27BrN6O2/c1-25(33)11-18(12-25)16-31(15-17-5-7-20(34-2)8-6-17)23-10-22(29-19-4-3-9-27-13-19)30-24-21(26)14-28-32(23)24/h3-10,13-14,18,33H,11-12,15-16H2,1-2H3,(H,29,30)/t18-,25+. The molecule has 5 rings (SSSR count). The molecule has 34 heavy (non-hydrogen) atoms. The first-order valence-corrected chi connectivity index (χ1v) is 12.0. The largest absolute Gasteiger partial charge is 0.497 e. The van der Waals surface area contributed by atoms with E-state index in [1.807, 2.05) is 41.8 Å². The van der Waals surface area contributed by atoms with Gasteiger partial charge in [0.25, 0.3) is 0 Å². The molecule has 3 heterocycles. The molecule has 0 bridgehead atoms. The topological polar surface area (TPSA) is 87.8 Å². The van der Waals surface area contributed by atoms with Crippen molar-refractivity contribution in [2.24, 2.45) is 5.92 Å². The fourth-order valence-corrected chi connectivity index (χ4v) is 4.96. The van der Waals surface area contributed by atoms with Gasteiger partial charge < -0.3 is 20.1 Å². The zero-order valence-electron chi connectivity index (χ0n) is 19.1. The normalized spacial score (nSPS) is 19.6. The molecule has 4 aromatic rings. The fraction of sp³-hybridized carbons (Fsp3) is 0.320. The molecule has 1 aliphatic rings. The van der Waals surface area contributed by atoms with Gasteiger partial charge in [-0.25, -0.2) is 4.98 Å². The van der Waals surface area contributed by atoms with Crippen molar-refractivity contribution >= 4 is 38.9 Å². The molecule has 1 saturated carbocycles. The minimum atomic E-state index is -0.578. The highest BCUT2D eigenvalue weighted by Crippen LogP contribution is 2.39.